The Morgan fingerprint density at radius 3 is 2.79 bits per heavy atom. The number of nitrogens with zero attached hydrogens (tertiary/aromatic N) is 1. The maximum absolute atomic E-state index is 11.2. The second-order valence-corrected chi connectivity index (χ2v) is 5.60. The molecule has 0 spiro atoms. The summed E-state index contributed by atoms with van der Waals surface area (Å²) in [6.45, 7) is 6.42. The molecule has 1 aromatic carbocycles. The van der Waals surface area contributed by atoms with E-state index in [1.165, 1.54) is 5.56 Å². The number of ether oxygens (including phenoxy) is 1. The lowest BCUT2D eigenvalue weighted by Crippen LogP contribution is -2.27. The van der Waals surface area contributed by atoms with Crippen molar-refractivity contribution in [3.05, 3.63) is 35.4 Å². The molecule has 1 amide bonds. The lowest BCUT2D eigenvalue weighted by Gasteiger charge is -2.28. The van der Waals surface area contributed by atoms with Crippen molar-refractivity contribution in [2.24, 2.45) is 0 Å². The zero-order chi connectivity index (χ0) is 14.0. The molecule has 0 radical (unpaired) electrons. The lowest BCUT2D eigenvalue weighted by atomic mass is 10.00. The standard InChI is InChI=1S/C16H21NO2/c1-12(18)17(4)10-8-13-5-6-15-14(11-13)7-9-16(2,3)19-15/h5-7,9,11H,8,10H2,1-4H3. The van der Waals surface area contributed by atoms with E-state index in [1.54, 1.807) is 11.8 Å². The summed E-state index contributed by atoms with van der Waals surface area (Å²) in [5.74, 6) is 1.03. The van der Waals surface area contributed by atoms with Crippen molar-refractivity contribution in [1.82, 2.24) is 4.90 Å². The molecule has 1 aliphatic heterocycles. The Balaban J connectivity index is 2.08. The van der Waals surface area contributed by atoms with Gasteiger partial charge in [0.05, 0.1) is 0 Å². The lowest BCUT2D eigenvalue weighted by molar-refractivity contribution is -0.127. The van der Waals surface area contributed by atoms with E-state index >= 15 is 0 Å². The topological polar surface area (TPSA) is 29.5 Å². The van der Waals surface area contributed by atoms with Crippen LogP contribution in [0.3, 0.4) is 0 Å². The van der Waals surface area contributed by atoms with Crippen molar-refractivity contribution in [1.29, 1.82) is 0 Å². The summed E-state index contributed by atoms with van der Waals surface area (Å²) >= 11 is 0. The fraction of sp³-hybridized carbons (Fsp3) is 0.438. The summed E-state index contributed by atoms with van der Waals surface area (Å²) < 4.78 is 5.89. The number of benzene rings is 1. The Hall–Kier alpha value is -1.77. The van der Waals surface area contributed by atoms with E-state index in [9.17, 15) is 4.79 Å². The number of likely N-dealkylation sites (N-methyl/N-ethyl adjacent to an activating group) is 1. The van der Waals surface area contributed by atoms with E-state index in [1.807, 2.05) is 27.0 Å². The SMILES string of the molecule is CC(=O)N(C)CCc1ccc2c(c1)C=CC(C)(C)O2. The monoisotopic (exact) mass is 259 g/mol. The third-order valence-corrected chi connectivity index (χ3v) is 3.38. The fourth-order valence-electron chi connectivity index (χ4n) is 2.04. The average molecular weight is 259 g/mol. The first-order valence-corrected chi connectivity index (χ1v) is 6.60. The summed E-state index contributed by atoms with van der Waals surface area (Å²) in [4.78, 5) is 12.9. The number of rotatable bonds is 3. The van der Waals surface area contributed by atoms with E-state index < -0.39 is 0 Å². The summed E-state index contributed by atoms with van der Waals surface area (Å²) in [7, 11) is 1.83. The van der Waals surface area contributed by atoms with E-state index in [4.69, 9.17) is 4.74 Å². The molecule has 102 valence electrons. The highest BCUT2D eigenvalue weighted by molar-refractivity contribution is 5.72. The molecule has 1 aliphatic rings. The first kappa shape index (κ1) is 13.7. The van der Waals surface area contributed by atoms with Crippen LogP contribution in [0.5, 0.6) is 5.75 Å². The molecule has 0 aromatic heterocycles. The maximum atomic E-state index is 11.2. The zero-order valence-electron chi connectivity index (χ0n) is 12.1. The van der Waals surface area contributed by atoms with Crippen LogP contribution in [0.25, 0.3) is 6.08 Å². The maximum Gasteiger partial charge on any atom is 0.219 e. The van der Waals surface area contributed by atoms with Crippen molar-refractivity contribution < 1.29 is 9.53 Å². The third kappa shape index (κ3) is 3.37. The molecule has 0 saturated carbocycles. The van der Waals surface area contributed by atoms with Gasteiger partial charge < -0.3 is 9.64 Å². The highest BCUT2D eigenvalue weighted by Gasteiger charge is 2.21. The number of hydrogen-bond donors (Lipinski definition) is 0. The van der Waals surface area contributed by atoms with Crippen molar-refractivity contribution in [3.8, 4) is 5.75 Å². The van der Waals surface area contributed by atoms with Gasteiger partial charge in [-0.15, -0.1) is 0 Å². The molecular weight excluding hydrogens is 238 g/mol. The smallest absolute Gasteiger partial charge is 0.219 e. The Morgan fingerprint density at radius 1 is 1.37 bits per heavy atom. The minimum atomic E-state index is -0.233. The molecule has 3 heteroatoms. The van der Waals surface area contributed by atoms with E-state index in [0.717, 1.165) is 24.3 Å². The predicted molar refractivity (Wildman–Crippen MR) is 77.2 cm³/mol. The van der Waals surface area contributed by atoms with Crippen LogP contribution in [0.15, 0.2) is 24.3 Å². The molecule has 1 aromatic rings. The van der Waals surface area contributed by atoms with Crippen LogP contribution in [0.2, 0.25) is 0 Å². The van der Waals surface area contributed by atoms with Gasteiger partial charge in [0.1, 0.15) is 11.4 Å². The number of fused-ring (bicyclic) bond motifs is 1. The van der Waals surface area contributed by atoms with Crippen molar-refractivity contribution in [3.63, 3.8) is 0 Å². The molecule has 2 rings (SSSR count). The van der Waals surface area contributed by atoms with Gasteiger partial charge >= 0.3 is 0 Å². The van der Waals surface area contributed by atoms with Gasteiger partial charge in [0.15, 0.2) is 0 Å². The molecule has 0 aliphatic carbocycles. The molecule has 0 saturated heterocycles. The van der Waals surface area contributed by atoms with Crippen LogP contribution >= 0.6 is 0 Å². The van der Waals surface area contributed by atoms with Crippen LogP contribution in [0.4, 0.5) is 0 Å². The molecule has 19 heavy (non-hydrogen) atoms. The highest BCUT2D eigenvalue weighted by Crippen LogP contribution is 2.31. The van der Waals surface area contributed by atoms with Gasteiger partial charge in [-0.1, -0.05) is 12.1 Å². The summed E-state index contributed by atoms with van der Waals surface area (Å²) in [6, 6.07) is 6.22. The molecule has 0 fully saturated rings. The molecule has 0 bridgehead atoms. The van der Waals surface area contributed by atoms with Crippen molar-refractivity contribution >= 4 is 12.0 Å². The number of hydrogen-bond acceptors (Lipinski definition) is 2. The number of amides is 1. The molecule has 0 unspecified atom stereocenters. The molecular formula is C16H21NO2. The largest absolute Gasteiger partial charge is 0.483 e. The molecule has 0 N–H and O–H groups in total. The minimum Gasteiger partial charge on any atom is -0.483 e. The van der Waals surface area contributed by atoms with Crippen LogP contribution in [-0.2, 0) is 11.2 Å². The number of carbonyl (C=O) groups excluding carboxylic acids is 1. The quantitative estimate of drug-likeness (QED) is 0.835. The number of carbonyl (C=O) groups is 1. The second-order valence-electron chi connectivity index (χ2n) is 5.60. The van der Waals surface area contributed by atoms with Gasteiger partial charge in [-0.05, 0) is 44.0 Å². The van der Waals surface area contributed by atoms with Gasteiger partial charge in [-0.25, -0.2) is 0 Å². The first-order chi connectivity index (χ1) is 8.87. The van der Waals surface area contributed by atoms with Gasteiger partial charge in [0.25, 0.3) is 0 Å². The van der Waals surface area contributed by atoms with Crippen LogP contribution in [0.1, 0.15) is 31.9 Å². The van der Waals surface area contributed by atoms with Gasteiger partial charge in [-0.2, -0.15) is 0 Å². The molecule has 1 heterocycles. The average Bonchev–Trinajstić information content (AvgIpc) is 2.34. The van der Waals surface area contributed by atoms with Gasteiger partial charge in [-0.3, -0.25) is 4.79 Å². The van der Waals surface area contributed by atoms with E-state index in [2.05, 4.69) is 24.3 Å². The van der Waals surface area contributed by atoms with Crippen LogP contribution < -0.4 is 4.74 Å². The fourth-order valence-corrected chi connectivity index (χ4v) is 2.04. The Labute approximate surface area is 114 Å². The minimum absolute atomic E-state index is 0.0999. The summed E-state index contributed by atoms with van der Waals surface area (Å²) in [5, 5.41) is 0. The Kier molecular flexibility index (Phi) is 3.65. The predicted octanol–water partition coefficient (Wildman–Crippen LogP) is 2.89. The van der Waals surface area contributed by atoms with Crippen molar-refractivity contribution in [2.45, 2.75) is 32.8 Å². The van der Waals surface area contributed by atoms with Crippen molar-refractivity contribution in [2.75, 3.05) is 13.6 Å². The van der Waals surface area contributed by atoms with Gasteiger partial charge in [0.2, 0.25) is 5.91 Å². The van der Waals surface area contributed by atoms with Crippen LogP contribution in [-0.4, -0.2) is 30.0 Å². The molecule has 3 nitrogen and oxygen atoms in total. The Bertz CT molecular complexity index is 517. The summed E-state index contributed by atoms with van der Waals surface area (Å²) in [5.41, 5.74) is 2.10. The van der Waals surface area contributed by atoms with Gasteiger partial charge in [0, 0.05) is 26.1 Å². The van der Waals surface area contributed by atoms with Crippen LogP contribution in [0, 0.1) is 0 Å². The first-order valence-electron chi connectivity index (χ1n) is 6.60. The Morgan fingerprint density at radius 2 is 2.11 bits per heavy atom. The van der Waals surface area contributed by atoms with E-state index in [0.29, 0.717) is 0 Å². The van der Waals surface area contributed by atoms with E-state index in [-0.39, 0.29) is 11.5 Å². The summed E-state index contributed by atoms with van der Waals surface area (Å²) in [6.07, 6.45) is 5.04. The normalized spacial score (nSPS) is 15.6. The highest BCUT2D eigenvalue weighted by atomic mass is 16.5. The third-order valence-electron chi connectivity index (χ3n) is 3.38. The second kappa shape index (κ2) is 5.08. The molecule has 0 atom stereocenters. The zero-order valence-corrected chi connectivity index (χ0v) is 12.1.